The van der Waals surface area contributed by atoms with Gasteiger partial charge in [-0.15, -0.1) is 0 Å². The molecule has 2 aromatic rings. The second kappa shape index (κ2) is 5.93. The van der Waals surface area contributed by atoms with Crippen LogP contribution < -0.4 is 15.2 Å². The minimum atomic E-state index is 0.562. The molecular formula is C16H23N3O2. The van der Waals surface area contributed by atoms with Crippen LogP contribution in [0.25, 0.3) is 11.0 Å². The third-order valence-corrected chi connectivity index (χ3v) is 3.64. The van der Waals surface area contributed by atoms with E-state index in [4.69, 9.17) is 20.2 Å². The lowest BCUT2D eigenvalue weighted by Crippen LogP contribution is -2.15. The quantitative estimate of drug-likeness (QED) is 0.918. The summed E-state index contributed by atoms with van der Waals surface area (Å²) in [6.07, 6.45) is 1.86. The Morgan fingerprint density at radius 3 is 2.62 bits per heavy atom. The highest BCUT2D eigenvalue weighted by Crippen LogP contribution is 2.35. The van der Waals surface area contributed by atoms with Crippen LogP contribution in [0.2, 0.25) is 0 Å². The molecule has 0 spiro atoms. The molecule has 1 aromatic carbocycles. The fourth-order valence-electron chi connectivity index (χ4n) is 2.73. The molecule has 21 heavy (non-hydrogen) atoms. The smallest absolute Gasteiger partial charge is 0.163 e. The molecule has 1 aliphatic rings. The summed E-state index contributed by atoms with van der Waals surface area (Å²) in [7, 11) is 0. The third kappa shape index (κ3) is 2.83. The predicted molar refractivity (Wildman–Crippen MR) is 82.9 cm³/mol. The Balaban J connectivity index is 2.08. The predicted octanol–water partition coefficient (Wildman–Crippen LogP) is 2.35. The molecule has 5 heteroatoms. The van der Waals surface area contributed by atoms with Crippen molar-refractivity contribution in [3.8, 4) is 11.5 Å². The molecule has 0 unspecified atom stereocenters. The first kappa shape index (κ1) is 14.2. The molecule has 1 aliphatic heterocycles. The SMILES string of the molecule is CC(C)Cn1c(CCCN)nc2cc3c(cc21)OCCO3. The second-order valence-electron chi connectivity index (χ2n) is 5.91. The van der Waals surface area contributed by atoms with Crippen molar-refractivity contribution in [2.24, 2.45) is 11.7 Å². The molecular weight excluding hydrogens is 266 g/mol. The molecule has 2 heterocycles. The topological polar surface area (TPSA) is 62.3 Å². The van der Waals surface area contributed by atoms with Gasteiger partial charge in [0, 0.05) is 25.1 Å². The van der Waals surface area contributed by atoms with Crippen molar-refractivity contribution in [2.75, 3.05) is 19.8 Å². The van der Waals surface area contributed by atoms with Gasteiger partial charge in [0.05, 0.1) is 11.0 Å². The van der Waals surface area contributed by atoms with Crippen molar-refractivity contribution in [1.29, 1.82) is 0 Å². The zero-order chi connectivity index (χ0) is 14.8. The fourth-order valence-corrected chi connectivity index (χ4v) is 2.73. The lowest BCUT2D eigenvalue weighted by atomic mass is 10.2. The van der Waals surface area contributed by atoms with Crippen LogP contribution in [0.1, 0.15) is 26.1 Å². The van der Waals surface area contributed by atoms with Crippen LogP contribution in [0.4, 0.5) is 0 Å². The van der Waals surface area contributed by atoms with Crippen LogP contribution >= 0.6 is 0 Å². The molecule has 114 valence electrons. The molecule has 0 amide bonds. The van der Waals surface area contributed by atoms with E-state index in [0.717, 1.165) is 47.7 Å². The summed E-state index contributed by atoms with van der Waals surface area (Å²) in [5, 5.41) is 0. The van der Waals surface area contributed by atoms with Crippen molar-refractivity contribution in [3.63, 3.8) is 0 Å². The van der Waals surface area contributed by atoms with Crippen molar-refractivity contribution in [1.82, 2.24) is 9.55 Å². The van der Waals surface area contributed by atoms with E-state index in [2.05, 4.69) is 24.5 Å². The van der Waals surface area contributed by atoms with Crippen LogP contribution in [-0.4, -0.2) is 29.3 Å². The number of hydrogen-bond donors (Lipinski definition) is 1. The minimum absolute atomic E-state index is 0.562. The van der Waals surface area contributed by atoms with Gasteiger partial charge in [-0.25, -0.2) is 4.98 Å². The molecule has 0 bridgehead atoms. The number of ether oxygens (including phenoxy) is 2. The van der Waals surface area contributed by atoms with E-state index in [9.17, 15) is 0 Å². The van der Waals surface area contributed by atoms with Crippen molar-refractivity contribution in [3.05, 3.63) is 18.0 Å². The molecule has 0 aliphatic carbocycles. The number of hydrogen-bond acceptors (Lipinski definition) is 4. The summed E-state index contributed by atoms with van der Waals surface area (Å²) in [4.78, 5) is 4.78. The highest BCUT2D eigenvalue weighted by atomic mass is 16.6. The zero-order valence-electron chi connectivity index (χ0n) is 12.8. The third-order valence-electron chi connectivity index (χ3n) is 3.64. The standard InChI is InChI=1S/C16H23N3O2/c1-11(2)10-19-13-9-15-14(20-6-7-21-15)8-12(13)18-16(19)4-3-5-17/h8-9,11H,3-7,10,17H2,1-2H3. The number of nitrogens with two attached hydrogens (primary N) is 1. The molecule has 2 N–H and O–H groups in total. The Bertz CT molecular complexity index is 634. The van der Waals surface area contributed by atoms with E-state index in [-0.39, 0.29) is 0 Å². The summed E-state index contributed by atoms with van der Waals surface area (Å²) >= 11 is 0. The normalized spacial score (nSPS) is 14.1. The zero-order valence-corrected chi connectivity index (χ0v) is 12.8. The highest BCUT2D eigenvalue weighted by Gasteiger charge is 2.18. The Labute approximate surface area is 125 Å². The Morgan fingerprint density at radius 1 is 1.24 bits per heavy atom. The van der Waals surface area contributed by atoms with E-state index in [1.807, 2.05) is 6.07 Å². The summed E-state index contributed by atoms with van der Waals surface area (Å²) in [5.41, 5.74) is 7.75. The number of benzene rings is 1. The van der Waals surface area contributed by atoms with Gasteiger partial charge < -0.3 is 19.8 Å². The van der Waals surface area contributed by atoms with Gasteiger partial charge in [-0.3, -0.25) is 0 Å². The van der Waals surface area contributed by atoms with Gasteiger partial charge in [0.2, 0.25) is 0 Å². The molecule has 0 atom stereocenters. The van der Waals surface area contributed by atoms with E-state index in [1.54, 1.807) is 0 Å². The van der Waals surface area contributed by atoms with Crippen molar-refractivity contribution in [2.45, 2.75) is 33.2 Å². The summed E-state index contributed by atoms with van der Waals surface area (Å²) in [5.74, 6) is 3.29. The molecule has 0 saturated carbocycles. The molecule has 0 saturated heterocycles. The summed E-state index contributed by atoms with van der Waals surface area (Å²) in [6, 6.07) is 4.05. The van der Waals surface area contributed by atoms with Gasteiger partial charge in [0.15, 0.2) is 11.5 Å². The molecule has 0 radical (unpaired) electrons. The maximum atomic E-state index is 5.70. The number of rotatable bonds is 5. The lowest BCUT2D eigenvalue weighted by Gasteiger charge is -2.18. The Hall–Kier alpha value is -1.75. The van der Waals surface area contributed by atoms with Gasteiger partial charge in [-0.1, -0.05) is 13.8 Å². The maximum absolute atomic E-state index is 5.70. The van der Waals surface area contributed by atoms with E-state index >= 15 is 0 Å². The second-order valence-corrected chi connectivity index (χ2v) is 5.91. The monoisotopic (exact) mass is 289 g/mol. The van der Waals surface area contributed by atoms with Crippen LogP contribution in [-0.2, 0) is 13.0 Å². The van der Waals surface area contributed by atoms with Crippen molar-refractivity contribution >= 4 is 11.0 Å². The minimum Gasteiger partial charge on any atom is -0.486 e. The summed E-state index contributed by atoms with van der Waals surface area (Å²) in [6.45, 7) is 7.29. The average Bonchev–Trinajstić information content (AvgIpc) is 2.79. The molecule has 1 aromatic heterocycles. The van der Waals surface area contributed by atoms with Crippen LogP contribution in [0.5, 0.6) is 11.5 Å². The van der Waals surface area contributed by atoms with Crippen LogP contribution in [0.3, 0.4) is 0 Å². The van der Waals surface area contributed by atoms with Gasteiger partial charge >= 0.3 is 0 Å². The van der Waals surface area contributed by atoms with E-state index in [0.29, 0.717) is 25.7 Å². The summed E-state index contributed by atoms with van der Waals surface area (Å²) < 4.78 is 13.6. The first-order valence-electron chi connectivity index (χ1n) is 7.68. The first-order chi connectivity index (χ1) is 10.2. The number of imidazole rings is 1. The first-order valence-corrected chi connectivity index (χ1v) is 7.68. The molecule has 3 rings (SSSR count). The molecule has 5 nitrogen and oxygen atoms in total. The van der Waals surface area contributed by atoms with Gasteiger partial charge in [0.25, 0.3) is 0 Å². The van der Waals surface area contributed by atoms with Gasteiger partial charge in [-0.05, 0) is 18.9 Å². The Morgan fingerprint density at radius 2 is 1.95 bits per heavy atom. The maximum Gasteiger partial charge on any atom is 0.163 e. The van der Waals surface area contributed by atoms with Crippen LogP contribution in [0, 0.1) is 5.92 Å². The molecule has 0 fully saturated rings. The number of aryl methyl sites for hydroxylation is 1. The van der Waals surface area contributed by atoms with Gasteiger partial charge in [0.1, 0.15) is 19.0 Å². The highest BCUT2D eigenvalue weighted by molar-refractivity contribution is 5.80. The van der Waals surface area contributed by atoms with Crippen molar-refractivity contribution < 1.29 is 9.47 Å². The van der Waals surface area contributed by atoms with E-state index < -0.39 is 0 Å². The van der Waals surface area contributed by atoms with Gasteiger partial charge in [-0.2, -0.15) is 0 Å². The number of fused-ring (bicyclic) bond motifs is 2. The largest absolute Gasteiger partial charge is 0.486 e. The number of nitrogens with zero attached hydrogens (tertiary/aromatic N) is 2. The Kier molecular flexibility index (Phi) is 4.01. The van der Waals surface area contributed by atoms with Crippen LogP contribution in [0.15, 0.2) is 12.1 Å². The number of aromatic nitrogens is 2. The average molecular weight is 289 g/mol. The van der Waals surface area contributed by atoms with E-state index in [1.165, 1.54) is 0 Å². The lowest BCUT2D eigenvalue weighted by molar-refractivity contribution is 0.172. The fraction of sp³-hybridized carbons (Fsp3) is 0.562.